The molecule has 0 radical (unpaired) electrons. The molecule has 1 rings (SSSR count). The summed E-state index contributed by atoms with van der Waals surface area (Å²) in [4.78, 5) is 0. The van der Waals surface area contributed by atoms with E-state index in [1.165, 1.54) is 19.3 Å². The maximum absolute atomic E-state index is 12.0. The second kappa shape index (κ2) is 24.8. The van der Waals surface area contributed by atoms with Crippen molar-refractivity contribution in [3.8, 4) is 0 Å². The zero-order valence-electron chi connectivity index (χ0n) is 26.2. The van der Waals surface area contributed by atoms with E-state index in [1.807, 2.05) is 13.8 Å². The zero-order chi connectivity index (χ0) is 29.0. The molecule has 1 saturated carbocycles. The molecule has 5 heteroatoms. The molecular weight excluding hydrogens is 428 g/mol. The maximum atomic E-state index is 12.0. The van der Waals surface area contributed by atoms with Crippen molar-refractivity contribution in [2.24, 2.45) is 35.5 Å². The Morgan fingerprint density at radius 2 is 1.27 bits per heavy atom. The molecule has 0 aliphatic heterocycles. The first-order valence-electron chi connectivity index (χ1n) is 13.7. The Labute approximate surface area is 208 Å². The highest BCUT2D eigenvalue weighted by atomic mass is 19.3. The van der Waals surface area contributed by atoms with Gasteiger partial charge in [0.1, 0.15) is 0 Å². The van der Waals surface area contributed by atoms with E-state index in [1.54, 1.807) is 41.7 Å². The maximum Gasteiger partial charge on any atom is 0.245 e. The zero-order valence-corrected chi connectivity index (χ0v) is 24.2. The smallest absolute Gasteiger partial charge is 0.245 e. The van der Waals surface area contributed by atoms with E-state index < -0.39 is 18.7 Å². The summed E-state index contributed by atoms with van der Waals surface area (Å²) in [6.45, 7) is 23.3. The molecule has 0 spiro atoms. The van der Waals surface area contributed by atoms with Gasteiger partial charge in [-0.05, 0) is 61.7 Å². The van der Waals surface area contributed by atoms with Gasteiger partial charge in [-0.15, -0.1) is 0 Å². The first kappa shape index (κ1) is 34.8. The fourth-order valence-electron chi connectivity index (χ4n) is 2.19. The molecular formula is C28H60F4O. The Hall–Kier alpha value is -0.320. The van der Waals surface area contributed by atoms with E-state index in [2.05, 4.69) is 27.7 Å². The Kier molecular flexibility index (Phi) is 26.2. The van der Waals surface area contributed by atoms with Gasteiger partial charge in [0, 0.05) is 29.3 Å². The lowest BCUT2D eigenvalue weighted by Crippen LogP contribution is -2.12. The fraction of sp³-hybridized carbons (Fsp3) is 1.00. The third-order valence-corrected chi connectivity index (χ3v) is 4.46. The van der Waals surface area contributed by atoms with Crippen molar-refractivity contribution in [3.63, 3.8) is 0 Å². The van der Waals surface area contributed by atoms with Gasteiger partial charge < -0.3 is 4.74 Å². The number of rotatable bonds is 9. The third kappa shape index (κ3) is 59.4. The summed E-state index contributed by atoms with van der Waals surface area (Å²) in [5.74, 6) is 0.714. The molecule has 0 aromatic rings. The second-order valence-electron chi connectivity index (χ2n) is 10.9. The number of methoxy groups -OCH3 is 1. The van der Waals surface area contributed by atoms with Gasteiger partial charge in [-0.25, -0.2) is 17.6 Å². The molecule has 1 fully saturated rings. The minimum Gasteiger partial charge on any atom is -0.385 e. The number of halogens is 4. The van der Waals surface area contributed by atoms with Gasteiger partial charge in [-0.2, -0.15) is 0 Å². The molecule has 33 heavy (non-hydrogen) atoms. The normalized spacial score (nSPS) is 14.5. The first-order chi connectivity index (χ1) is 15.6. The Morgan fingerprint density at radius 1 is 0.848 bits per heavy atom. The van der Waals surface area contributed by atoms with Gasteiger partial charge >= 0.3 is 0 Å². The van der Waals surface area contributed by atoms with Gasteiger partial charge in [-0.3, -0.25) is 0 Å². The Balaban J connectivity index is -0.000000172. The van der Waals surface area contributed by atoms with Crippen LogP contribution in [-0.4, -0.2) is 26.1 Å². The molecule has 0 aromatic heterocycles. The van der Waals surface area contributed by atoms with Crippen LogP contribution in [0.5, 0.6) is 0 Å². The quantitative estimate of drug-likeness (QED) is 0.292. The summed E-state index contributed by atoms with van der Waals surface area (Å²) in [7, 11) is 1.74. The van der Waals surface area contributed by atoms with Crippen LogP contribution in [0, 0.1) is 35.5 Å². The van der Waals surface area contributed by atoms with Gasteiger partial charge in [0.15, 0.2) is 0 Å². The van der Waals surface area contributed by atoms with Crippen LogP contribution in [0.15, 0.2) is 0 Å². The molecule has 0 bridgehead atoms. The van der Waals surface area contributed by atoms with E-state index in [-0.39, 0.29) is 30.6 Å². The molecule has 1 aliphatic rings. The van der Waals surface area contributed by atoms with E-state index in [0.29, 0.717) is 0 Å². The monoisotopic (exact) mass is 490 g/mol. The highest BCUT2D eigenvalue weighted by Crippen LogP contribution is 2.35. The van der Waals surface area contributed by atoms with Crippen LogP contribution in [-0.2, 0) is 4.74 Å². The number of hydrogen-bond donors (Lipinski definition) is 0. The van der Waals surface area contributed by atoms with Crippen molar-refractivity contribution in [1.82, 2.24) is 0 Å². The Morgan fingerprint density at radius 3 is 1.30 bits per heavy atom. The van der Waals surface area contributed by atoms with Crippen LogP contribution in [0.2, 0.25) is 0 Å². The number of hydrogen-bond acceptors (Lipinski definition) is 1. The minimum atomic E-state index is -2.48. The minimum absolute atomic E-state index is 0.00694. The SMILES string of the molecule is CC(C)C1CC1.CC(C)CC(C)(F)F.CC(C)CC(F)F.COCCC(C)C.[2H]C([2H])(C)C(C)C. The molecule has 0 heterocycles. The van der Waals surface area contributed by atoms with Crippen molar-refractivity contribution in [3.05, 3.63) is 0 Å². The lowest BCUT2D eigenvalue weighted by Gasteiger charge is -2.11. The molecule has 0 N–H and O–H groups in total. The summed E-state index contributed by atoms with van der Waals surface area (Å²) in [5.41, 5.74) is 0. The average molecular weight is 491 g/mol. The molecule has 0 amide bonds. The predicted octanol–water partition coefficient (Wildman–Crippen LogP) is 10.8. The van der Waals surface area contributed by atoms with Crippen LogP contribution in [0.25, 0.3) is 0 Å². The third-order valence-electron chi connectivity index (χ3n) is 4.46. The van der Waals surface area contributed by atoms with Crippen molar-refractivity contribution in [2.75, 3.05) is 13.7 Å². The molecule has 1 nitrogen and oxygen atoms in total. The fourth-order valence-corrected chi connectivity index (χ4v) is 2.19. The average Bonchev–Trinajstić information content (AvgIpc) is 3.43. The molecule has 206 valence electrons. The van der Waals surface area contributed by atoms with Gasteiger partial charge in [0.2, 0.25) is 12.3 Å². The number of ether oxygens (including phenoxy) is 1. The van der Waals surface area contributed by atoms with Gasteiger partial charge in [-0.1, -0.05) is 82.5 Å². The second-order valence-corrected chi connectivity index (χ2v) is 10.9. The topological polar surface area (TPSA) is 9.23 Å². The van der Waals surface area contributed by atoms with Gasteiger partial charge in [0.25, 0.3) is 0 Å². The lowest BCUT2D eigenvalue weighted by molar-refractivity contribution is 0.000971. The summed E-state index contributed by atoms with van der Waals surface area (Å²) in [6.07, 6.45) is 1.07. The molecule has 1 aliphatic carbocycles. The van der Waals surface area contributed by atoms with Crippen molar-refractivity contribution in [1.29, 1.82) is 0 Å². The van der Waals surface area contributed by atoms with E-state index >= 15 is 0 Å². The molecule has 0 aromatic carbocycles. The predicted molar refractivity (Wildman–Crippen MR) is 140 cm³/mol. The molecule has 0 unspecified atom stereocenters. The Bertz CT molecular complexity index is 420. The van der Waals surface area contributed by atoms with Crippen LogP contribution in [0.3, 0.4) is 0 Å². The van der Waals surface area contributed by atoms with E-state index in [9.17, 15) is 17.6 Å². The summed E-state index contributed by atoms with van der Waals surface area (Å²) in [6, 6.07) is 0. The van der Waals surface area contributed by atoms with Crippen molar-refractivity contribution < 1.29 is 25.0 Å². The largest absolute Gasteiger partial charge is 0.385 e. The summed E-state index contributed by atoms with van der Waals surface area (Å²) in [5, 5.41) is 0. The van der Waals surface area contributed by atoms with Crippen LogP contribution in [0.4, 0.5) is 17.6 Å². The first-order valence-corrected chi connectivity index (χ1v) is 12.7. The van der Waals surface area contributed by atoms with Crippen LogP contribution < -0.4 is 0 Å². The van der Waals surface area contributed by atoms with Crippen molar-refractivity contribution >= 4 is 0 Å². The van der Waals surface area contributed by atoms with Crippen LogP contribution >= 0.6 is 0 Å². The molecule has 0 saturated heterocycles. The van der Waals surface area contributed by atoms with E-state index in [0.717, 1.165) is 31.3 Å². The van der Waals surface area contributed by atoms with E-state index in [4.69, 9.17) is 7.48 Å². The standard InChI is InChI=1S/C6H12F2.C6H14O.C6H12.C5H10F2.C5H12/c1-5(2)4-6(3,7)8;1-6(2)4-5-7-3;1-5(2)6-3-4-6;1-4(2)3-5(6)7;1-4-5(2)3/h5H,4H2,1-3H3;6H,4-5H2,1-3H3;5-6H,3-4H2,1-2H3;4-5H,3H2,1-2H3;5H,4H2,1-3H3/i;;;;4D2. The molecule has 0 atom stereocenters. The number of alkyl halides is 4. The highest BCUT2D eigenvalue weighted by Gasteiger charge is 2.24. The summed E-state index contributed by atoms with van der Waals surface area (Å²) < 4.78 is 65.5. The van der Waals surface area contributed by atoms with Crippen molar-refractivity contribution in [2.45, 2.75) is 134 Å². The van der Waals surface area contributed by atoms with Gasteiger partial charge in [0.05, 0.1) is 0 Å². The summed E-state index contributed by atoms with van der Waals surface area (Å²) >= 11 is 0. The lowest BCUT2D eigenvalue weighted by atomic mass is 10.1. The van der Waals surface area contributed by atoms with Crippen LogP contribution in [0.1, 0.15) is 124 Å². The highest BCUT2D eigenvalue weighted by molar-refractivity contribution is 4.75.